The highest BCUT2D eigenvalue weighted by Crippen LogP contribution is 2.24. The second-order valence-electron chi connectivity index (χ2n) is 4.65. The number of ether oxygens (including phenoxy) is 1. The largest absolute Gasteiger partial charge is 0.474 e. The average molecular weight is 290 g/mol. The maximum atomic E-state index is 11.7. The molecule has 1 amide bonds. The number of pyridine rings is 1. The number of hydrogen-bond acceptors (Lipinski definition) is 6. The van der Waals surface area contributed by atoms with E-state index in [4.69, 9.17) is 4.74 Å². The van der Waals surface area contributed by atoms with Crippen LogP contribution < -0.4 is 10.1 Å². The van der Waals surface area contributed by atoms with Gasteiger partial charge in [-0.25, -0.2) is 4.98 Å². The maximum absolute atomic E-state index is 11.7. The van der Waals surface area contributed by atoms with Crippen LogP contribution in [0.15, 0.2) is 23.7 Å². The first-order chi connectivity index (χ1) is 9.81. The minimum absolute atomic E-state index is 0.225. The number of carbonyl (C=O) groups excluding carboxylic acids is 1. The van der Waals surface area contributed by atoms with Gasteiger partial charge in [0.15, 0.2) is 5.69 Å². The van der Waals surface area contributed by atoms with Crippen molar-refractivity contribution >= 4 is 17.4 Å². The summed E-state index contributed by atoms with van der Waals surface area (Å²) in [5.74, 6) is 0.397. The second kappa shape index (κ2) is 5.96. The van der Waals surface area contributed by atoms with Gasteiger partial charge in [0.25, 0.3) is 5.91 Å². The minimum Gasteiger partial charge on any atom is -0.474 e. The number of amides is 1. The molecule has 0 aliphatic heterocycles. The van der Waals surface area contributed by atoms with Crippen LogP contribution in [0.1, 0.15) is 35.3 Å². The van der Waals surface area contributed by atoms with Crippen LogP contribution in [0.4, 0.5) is 0 Å². The highest BCUT2D eigenvalue weighted by Gasteiger charge is 2.19. The van der Waals surface area contributed by atoms with Crippen LogP contribution in [0.5, 0.6) is 5.88 Å². The van der Waals surface area contributed by atoms with Crippen LogP contribution in [0, 0.1) is 0 Å². The van der Waals surface area contributed by atoms with Crippen molar-refractivity contribution < 1.29 is 9.53 Å². The molecule has 1 aliphatic rings. The Morgan fingerprint density at radius 3 is 3.10 bits per heavy atom. The van der Waals surface area contributed by atoms with Crippen molar-refractivity contribution in [1.29, 1.82) is 0 Å². The normalized spacial score (nSPS) is 14.6. The summed E-state index contributed by atoms with van der Waals surface area (Å²) in [5.41, 5.74) is 1.29. The van der Waals surface area contributed by atoms with E-state index in [1.165, 1.54) is 6.42 Å². The lowest BCUT2D eigenvalue weighted by Gasteiger charge is -2.25. The van der Waals surface area contributed by atoms with Crippen LogP contribution in [0.3, 0.4) is 0 Å². The first kappa shape index (κ1) is 13.0. The summed E-state index contributed by atoms with van der Waals surface area (Å²) in [5, 5.41) is 8.13. The molecule has 104 valence electrons. The molecule has 0 bridgehead atoms. The molecule has 2 aromatic heterocycles. The molecule has 0 unspecified atom stereocenters. The molecule has 2 heterocycles. The molecule has 0 spiro atoms. The fraction of sp³-hybridized carbons (Fsp3) is 0.385. The zero-order valence-corrected chi connectivity index (χ0v) is 11.6. The van der Waals surface area contributed by atoms with Crippen LogP contribution in [0.2, 0.25) is 0 Å². The zero-order valence-electron chi connectivity index (χ0n) is 10.8. The molecule has 0 aromatic carbocycles. The van der Waals surface area contributed by atoms with Crippen molar-refractivity contribution in [3.63, 3.8) is 0 Å². The SMILES string of the molecule is O=C(NCc1ccnc(OC2CCC2)c1)c1csnn1. The lowest BCUT2D eigenvalue weighted by Crippen LogP contribution is -2.25. The smallest absolute Gasteiger partial charge is 0.273 e. The van der Waals surface area contributed by atoms with Gasteiger partial charge in [0.05, 0.1) is 0 Å². The Morgan fingerprint density at radius 2 is 2.40 bits per heavy atom. The van der Waals surface area contributed by atoms with E-state index < -0.39 is 0 Å². The summed E-state index contributed by atoms with van der Waals surface area (Å²) in [7, 11) is 0. The highest BCUT2D eigenvalue weighted by atomic mass is 32.1. The summed E-state index contributed by atoms with van der Waals surface area (Å²) in [6.45, 7) is 0.417. The van der Waals surface area contributed by atoms with Crippen molar-refractivity contribution in [3.8, 4) is 5.88 Å². The topological polar surface area (TPSA) is 77.0 Å². The molecule has 0 atom stereocenters. The first-order valence-corrected chi connectivity index (χ1v) is 7.32. The highest BCUT2D eigenvalue weighted by molar-refractivity contribution is 7.03. The number of nitrogens with zero attached hydrogens (tertiary/aromatic N) is 3. The van der Waals surface area contributed by atoms with E-state index in [2.05, 4.69) is 19.9 Å². The summed E-state index contributed by atoms with van der Waals surface area (Å²) in [6, 6.07) is 3.71. The summed E-state index contributed by atoms with van der Waals surface area (Å²) >= 11 is 1.16. The standard InChI is InChI=1S/C13H14N4O2S/c18-13(11-8-20-17-16-11)15-7-9-4-5-14-12(6-9)19-10-2-1-3-10/h4-6,8,10H,1-3,7H2,(H,15,18). The van der Waals surface area contributed by atoms with E-state index in [1.807, 2.05) is 12.1 Å². The van der Waals surface area contributed by atoms with Crippen molar-refractivity contribution in [2.45, 2.75) is 31.9 Å². The predicted molar refractivity (Wildman–Crippen MR) is 73.6 cm³/mol. The van der Waals surface area contributed by atoms with E-state index >= 15 is 0 Å². The van der Waals surface area contributed by atoms with Gasteiger partial charge in [-0.15, -0.1) is 5.10 Å². The molecular weight excluding hydrogens is 276 g/mol. The quantitative estimate of drug-likeness (QED) is 0.908. The lowest BCUT2D eigenvalue weighted by atomic mass is 9.96. The summed E-state index contributed by atoms with van der Waals surface area (Å²) < 4.78 is 9.39. The molecule has 1 N–H and O–H groups in total. The molecule has 1 fully saturated rings. The van der Waals surface area contributed by atoms with Crippen molar-refractivity contribution in [2.24, 2.45) is 0 Å². The Balaban J connectivity index is 1.56. The average Bonchev–Trinajstić information content (AvgIpc) is 2.95. The maximum Gasteiger partial charge on any atom is 0.273 e. The molecule has 0 saturated heterocycles. The molecule has 3 rings (SSSR count). The van der Waals surface area contributed by atoms with Gasteiger partial charge in [0.2, 0.25) is 5.88 Å². The van der Waals surface area contributed by atoms with Gasteiger partial charge in [0.1, 0.15) is 6.10 Å². The van der Waals surface area contributed by atoms with Gasteiger partial charge >= 0.3 is 0 Å². The van der Waals surface area contributed by atoms with Crippen molar-refractivity contribution in [3.05, 3.63) is 35.0 Å². The predicted octanol–water partition coefficient (Wildman–Crippen LogP) is 1.79. The molecule has 6 nitrogen and oxygen atoms in total. The molecule has 2 aromatic rings. The van der Waals surface area contributed by atoms with Gasteiger partial charge in [-0.3, -0.25) is 4.79 Å². The Morgan fingerprint density at radius 1 is 1.50 bits per heavy atom. The van der Waals surface area contributed by atoms with Gasteiger partial charge in [-0.05, 0) is 42.4 Å². The van der Waals surface area contributed by atoms with E-state index in [0.29, 0.717) is 24.2 Å². The molecule has 20 heavy (non-hydrogen) atoms. The third-order valence-corrected chi connectivity index (χ3v) is 3.69. The fourth-order valence-corrected chi connectivity index (χ4v) is 2.26. The Kier molecular flexibility index (Phi) is 3.87. The fourth-order valence-electron chi connectivity index (χ4n) is 1.82. The third-order valence-electron chi connectivity index (χ3n) is 3.18. The zero-order chi connectivity index (χ0) is 13.8. The van der Waals surface area contributed by atoms with Crippen molar-refractivity contribution in [1.82, 2.24) is 19.9 Å². The first-order valence-electron chi connectivity index (χ1n) is 6.48. The Labute approximate surface area is 120 Å². The van der Waals surface area contributed by atoms with E-state index in [-0.39, 0.29) is 5.91 Å². The number of rotatable bonds is 5. The van der Waals surface area contributed by atoms with E-state index in [0.717, 1.165) is 29.9 Å². The minimum atomic E-state index is -0.225. The van der Waals surface area contributed by atoms with E-state index in [9.17, 15) is 4.79 Å². The third kappa shape index (κ3) is 3.11. The van der Waals surface area contributed by atoms with Gasteiger partial charge < -0.3 is 10.1 Å². The number of carbonyl (C=O) groups is 1. The molecule has 7 heteroatoms. The van der Waals surface area contributed by atoms with Crippen LogP contribution >= 0.6 is 11.5 Å². The number of aromatic nitrogens is 3. The van der Waals surface area contributed by atoms with Gasteiger partial charge in [0, 0.05) is 24.2 Å². The molecule has 1 saturated carbocycles. The Bertz CT molecular complexity index is 584. The molecule has 0 radical (unpaired) electrons. The Hall–Kier alpha value is -2.02. The second-order valence-corrected chi connectivity index (χ2v) is 5.26. The molecular formula is C13H14N4O2S. The number of hydrogen-bond donors (Lipinski definition) is 1. The number of nitrogens with one attached hydrogen (secondary N) is 1. The molecule has 1 aliphatic carbocycles. The summed E-state index contributed by atoms with van der Waals surface area (Å²) in [4.78, 5) is 15.9. The van der Waals surface area contributed by atoms with Crippen LogP contribution in [0.25, 0.3) is 0 Å². The monoisotopic (exact) mass is 290 g/mol. The van der Waals surface area contributed by atoms with Crippen molar-refractivity contribution in [2.75, 3.05) is 0 Å². The van der Waals surface area contributed by atoms with Gasteiger partial charge in [-0.1, -0.05) is 4.49 Å². The lowest BCUT2D eigenvalue weighted by molar-refractivity contribution is 0.0945. The van der Waals surface area contributed by atoms with Gasteiger partial charge in [-0.2, -0.15) is 0 Å². The van der Waals surface area contributed by atoms with Crippen LogP contribution in [-0.4, -0.2) is 26.6 Å². The summed E-state index contributed by atoms with van der Waals surface area (Å²) in [6.07, 6.45) is 5.41. The van der Waals surface area contributed by atoms with Crippen LogP contribution in [-0.2, 0) is 6.54 Å². The van der Waals surface area contributed by atoms with E-state index in [1.54, 1.807) is 11.6 Å².